The Kier molecular flexibility index (Phi) is 1.18. The molecule has 0 aromatic carbocycles. The zero-order valence-electron chi connectivity index (χ0n) is 5.40. The summed E-state index contributed by atoms with van der Waals surface area (Å²) < 4.78 is 0. The molecule has 46 valence electrons. The summed E-state index contributed by atoms with van der Waals surface area (Å²) in [7, 11) is -0.0394. The largest absolute Gasteiger partial charge is 0.0597 e. The van der Waals surface area contributed by atoms with Crippen molar-refractivity contribution in [2.24, 2.45) is 5.92 Å². The van der Waals surface area contributed by atoms with Gasteiger partial charge < -0.3 is 0 Å². The Balaban J connectivity index is 2.03. The molecular weight excluding hydrogens is 112 g/mol. The molecular formula is C7H14Si. The van der Waals surface area contributed by atoms with Gasteiger partial charge in [0.1, 0.15) is 0 Å². The first kappa shape index (κ1) is 5.04. The third-order valence-electron chi connectivity index (χ3n) is 2.95. The van der Waals surface area contributed by atoms with Gasteiger partial charge in [0.25, 0.3) is 0 Å². The topological polar surface area (TPSA) is 0 Å². The van der Waals surface area contributed by atoms with Gasteiger partial charge in [0.05, 0.1) is 0 Å². The summed E-state index contributed by atoms with van der Waals surface area (Å²) >= 11 is 0. The Labute approximate surface area is 52.9 Å². The number of rotatable bonds is 0. The van der Waals surface area contributed by atoms with Crippen LogP contribution < -0.4 is 0 Å². The molecule has 3 aliphatic rings. The van der Waals surface area contributed by atoms with Gasteiger partial charge in [0.2, 0.25) is 0 Å². The molecule has 0 amide bonds. The summed E-state index contributed by atoms with van der Waals surface area (Å²) in [5.41, 5.74) is 0. The van der Waals surface area contributed by atoms with E-state index in [1.54, 1.807) is 37.4 Å². The molecule has 1 heteroatoms. The Hall–Kier alpha value is 0.217. The van der Waals surface area contributed by atoms with E-state index in [1.165, 1.54) is 5.92 Å². The van der Waals surface area contributed by atoms with Crippen LogP contribution in [0.15, 0.2) is 0 Å². The van der Waals surface area contributed by atoms with Crippen LogP contribution in [-0.2, 0) is 0 Å². The summed E-state index contributed by atoms with van der Waals surface area (Å²) in [6, 6.07) is 5.10. The van der Waals surface area contributed by atoms with Crippen molar-refractivity contribution < 1.29 is 0 Å². The van der Waals surface area contributed by atoms with Gasteiger partial charge in [-0.1, -0.05) is 37.4 Å². The number of fused-ring (bicyclic) bond motifs is 3. The maximum atomic E-state index is 1.70. The molecule has 0 aliphatic carbocycles. The van der Waals surface area contributed by atoms with Crippen molar-refractivity contribution in [3.63, 3.8) is 0 Å². The lowest BCUT2D eigenvalue weighted by atomic mass is 9.99. The summed E-state index contributed by atoms with van der Waals surface area (Å²) in [6.07, 6.45) is 4.87. The Morgan fingerprint density at radius 2 is 1.38 bits per heavy atom. The van der Waals surface area contributed by atoms with Gasteiger partial charge in [-0.25, -0.2) is 0 Å². The van der Waals surface area contributed by atoms with Crippen molar-refractivity contribution in [1.29, 1.82) is 0 Å². The van der Waals surface area contributed by atoms with Gasteiger partial charge in [-0.15, -0.1) is 0 Å². The fourth-order valence-corrected chi connectivity index (χ4v) is 5.97. The van der Waals surface area contributed by atoms with Crippen LogP contribution in [0, 0.1) is 5.92 Å². The van der Waals surface area contributed by atoms with Gasteiger partial charge in [-0.2, -0.15) is 0 Å². The second-order valence-corrected chi connectivity index (χ2v) is 6.93. The Bertz CT molecular complexity index is 59.4. The first-order valence-corrected chi connectivity index (χ1v) is 6.40. The van der Waals surface area contributed by atoms with Crippen LogP contribution in [-0.4, -0.2) is 8.80 Å². The van der Waals surface area contributed by atoms with E-state index in [0.717, 1.165) is 0 Å². The molecule has 3 rings (SSSR count). The quantitative estimate of drug-likeness (QED) is 0.436. The minimum Gasteiger partial charge on any atom is -0.0597 e. The van der Waals surface area contributed by atoms with Crippen molar-refractivity contribution in [1.82, 2.24) is 0 Å². The third kappa shape index (κ3) is 0.731. The van der Waals surface area contributed by atoms with Gasteiger partial charge in [0, 0.05) is 8.80 Å². The molecule has 3 aliphatic heterocycles. The van der Waals surface area contributed by atoms with E-state index >= 15 is 0 Å². The van der Waals surface area contributed by atoms with Crippen molar-refractivity contribution in [3.8, 4) is 0 Å². The van der Waals surface area contributed by atoms with Crippen molar-refractivity contribution in [3.05, 3.63) is 0 Å². The highest BCUT2D eigenvalue weighted by Gasteiger charge is 2.27. The van der Waals surface area contributed by atoms with Crippen LogP contribution in [0.4, 0.5) is 0 Å². The van der Waals surface area contributed by atoms with E-state index < -0.39 is 0 Å². The van der Waals surface area contributed by atoms with E-state index in [4.69, 9.17) is 0 Å². The fraction of sp³-hybridized carbons (Fsp3) is 1.00. The summed E-state index contributed by atoms with van der Waals surface area (Å²) in [6.45, 7) is 0. The van der Waals surface area contributed by atoms with E-state index in [0.29, 0.717) is 0 Å². The monoisotopic (exact) mass is 126 g/mol. The average molecular weight is 126 g/mol. The average Bonchev–Trinajstić information content (AvgIpc) is 1.92. The smallest absolute Gasteiger partial charge is 0.0368 e. The number of hydrogen-bond acceptors (Lipinski definition) is 0. The zero-order chi connectivity index (χ0) is 5.40. The first-order chi connectivity index (χ1) is 3.95. The van der Waals surface area contributed by atoms with Gasteiger partial charge >= 0.3 is 0 Å². The molecule has 0 unspecified atom stereocenters. The van der Waals surface area contributed by atoms with E-state index in [9.17, 15) is 0 Å². The summed E-state index contributed by atoms with van der Waals surface area (Å²) in [4.78, 5) is 0. The molecule has 0 N–H and O–H groups in total. The summed E-state index contributed by atoms with van der Waals surface area (Å²) in [5, 5.41) is 0. The van der Waals surface area contributed by atoms with Crippen LogP contribution >= 0.6 is 0 Å². The maximum Gasteiger partial charge on any atom is 0.0368 e. The Morgan fingerprint density at radius 3 is 1.50 bits per heavy atom. The second kappa shape index (κ2) is 1.87. The molecule has 0 spiro atoms. The maximum absolute atomic E-state index is 1.70. The molecule has 0 saturated carbocycles. The molecule has 0 aromatic rings. The molecule has 2 bridgehead atoms. The van der Waals surface area contributed by atoms with Crippen LogP contribution in [0.1, 0.15) is 19.3 Å². The zero-order valence-corrected chi connectivity index (χ0v) is 6.55. The minimum absolute atomic E-state index is 0.0394. The van der Waals surface area contributed by atoms with Gasteiger partial charge in [0.15, 0.2) is 0 Å². The minimum atomic E-state index is -0.0394. The molecule has 3 fully saturated rings. The van der Waals surface area contributed by atoms with Crippen LogP contribution in [0.25, 0.3) is 0 Å². The molecule has 3 heterocycles. The molecule has 0 nitrogen and oxygen atoms in total. The molecule has 0 atom stereocenters. The third-order valence-corrected chi connectivity index (χ3v) is 6.40. The first-order valence-electron chi connectivity index (χ1n) is 3.95. The lowest BCUT2D eigenvalue weighted by molar-refractivity contribution is 0.425. The lowest BCUT2D eigenvalue weighted by Crippen LogP contribution is -2.27. The van der Waals surface area contributed by atoms with E-state index in [1.807, 2.05) is 0 Å². The van der Waals surface area contributed by atoms with Crippen LogP contribution in [0.2, 0.25) is 18.1 Å². The van der Waals surface area contributed by atoms with Crippen LogP contribution in [0.5, 0.6) is 0 Å². The van der Waals surface area contributed by atoms with Crippen molar-refractivity contribution >= 4 is 8.80 Å². The standard InChI is InChI=1S/C7H14Si/c1-4-8-5-2-7(1)3-6-8/h7-8H,1-6H2. The number of hydrogen-bond donors (Lipinski definition) is 0. The van der Waals surface area contributed by atoms with E-state index in [2.05, 4.69) is 0 Å². The summed E-state index contributed by atoms with van der Waals surface area (Å²) in [5.74, 6) is 1.19. The SMILES string of the molecule is C1C[SiH]2CCC1CC2. The second-order valence-electron chi connectivity index (χ2n) is 3.46. The molecule has 8 heavy (non-hydrogen) atoms. The van der Waals surface area contributed by atoms with Crippen molar-refractivity contribution in [2.45, 2.75) is 37.4 Å². The van der Waals surface area contributed by atoms with Crippen LogP contribution in [0.3, 0.4) is 0 Å². The van der Waals surface area contributed by atoms with Gasteiger partial charge in [-0.05, 0) is 5.92 Å². The molecule has 3 saturated heterocycles. The highest BCUT2D eigenvalue weighted by molar-refractivity contribution is 6.59. The highest BCUT2D eigenvalue weighted by atomic mass is 28.3. The fourth-order valence-electron chi connectivity index (χ4n) is 2.28. The highest BCUT2D eigenvalue weighted by Crippen LogP contribution is 2.37. The van der Waals surface area contributed by atoms with Gasteiger partial charge in [-0.3, -0.25) is 0 Å². The normalized spacial score (nSPS) is 45.0. The lowest BCUT2D eigenvalue weighted by Gasteiger charge is -2.34. The molecule has 0 radical (unpaired) electrons. The Morgan fingerprint density at radius 1 is 0.875 bits per heavy atom. The molecule has 0 aromatic heterocycles. The predicted octanol–water partition coefficient (Wildman–Crippen LogP) is 2.03. The van der Waals surface area contributed by atoms with E-state index in [-0.39, 0.29) is 8.80 Å². The predicted molar refractivity (Wildman–Crippen MR) is 38.9 cm³/mol. The van der Waals surface area contributed by atoms with Crippen molar-refractivity contribution in [2.75, 3.05) is 0 Å².